The van der Waals surface area contributed by atoms with E-state index < -0.39 is 5.97 Å². The summed E-state index contributed by atoms with van der Waals surface area (Å²) in [6.45, 7) is 3.83. The summed E-state index contributed by atoms with van der Waals surface area (Å²) in [5, 5.41) is 11.9. The minimum atomic E-state index is -1.08. The molecule has 0 bridgehead atoms. The van der Waals surface area contributed by atoms with E-state index in [1.54, 1.807) is 6.07 Å². The van der Waals surface area contributed by atoms with Crippen molar-refractivity contribution in [1.82, 2.24) is 4.98 Å². The second kappa shape index (κ2) is 4.28. The minimum Gasteiger partial charge on any atom is -0.478 e. The van der Waals surface area contributed by atoms with Crippen LogP contribution < -0.4 is 5.32 Å². The van der Waals surface area contributed by atoms with Gasteiger partial charge in [0.15, 0.2) is 0 Å². The summed E-state index contributed by atoms with van der Waals surface area (Å²) in [4.78, 5) is 14.6. The van der Waals surface area contributed by atoms with Gasteiger partial charge in [0.2, 0.25) is 0 Å². The summed E-state index contributed by atoms with van der Waals surface area (Å²) >= 11 is 5.68. The Morgan fingerprint density at radius 3 is 2.79 bits per heavy atom. The van der Waals surface area contributed by atoms with Crippen molar-refractivity contribution >= 4 is 23.3 Å². The number of aromatic carboxylic acids is 1. The number of hydrogen-bond donors (Lipinski definition) is 2. The molecule has 0 aliphatic carbocycles. The molecule has 0 amide bonds. The normalized spacial score (nSPS) is 10.3. The van der Waals surface area contributed by atoms with Crippen molar-refractivity contribution in [1.29, 1.82) is 0 Å². The molecule has 0 fully saturated rings. The van der Waals surface area contributed by atoms with Crippen LogP contribution in [0.4, 0.5) is 5.69 Å². The zero-order chi connectivity index (χ0) is 10.7. The van der Waals surface area contributed by atoms with Gasteiger partial charge in [-0.1, -0.05) is 11.6 Å². The van der Waals surface area contributed by atoms with Crippen molar-refractivity contribution < 1.29 is 9.90 Å². The molecule has 0 saturated carbocycles. The highest BCUT2D eigenvalue weighted by molar-refractivity contribution is 6.33. The fourth-order valence-electron chi connectivity index (χ4n) is 1.07. The minimum absolute atomic E-state index is 0.00292. The summed E-state index contributed by atoms with van der Waals surface area (Å²) in [6.07, 6.45) is 1.47. The molecule has 1 heterocycles. The number of hydrogen-bond acceptors (Lipinski definition) is 3. The van der Waals surface area contributed by atoms with Gasteiger partial charge in [0.05, 0.1) is 5.69 Å². The van der Waals surface area contributed by atoms with E-state index in [4.69, 9.17) is 16.7 Å². The van der Waals surface area contributed by atoms with E-state index in [0.29, 0.717) is 5.69 Å². The number of carboxylic acid groups (broad SMARTS) is 1. The first-order valence-corrected chi connectivity index (χ1v) is 4.54. The Bertz CT molecular complexity index is 353. The maximum absolute atomic E-state index is 10.9. The number of nitrogens with zero attached hydrogens (tertiary/aromatic N) is 1. The van der Waals surface area contributed by atoms with Crippen molar-refractivity contribution in [2.45, 2.75) is 19.9 Å². The Labute approximate surface area is 86.9 Å². The van der Waals surface area contributed by atoms with Gasteiger partial charge in [0, 0.05) is 12.2 Å². The van der Waals surface area contributed by atoms with E-state index in [2.05, 4.69) is 10.3 Å². The molecule has 1 aromatic heterocycles. The monoisotopic (exact) mass is 214 g/mol. The van der Waals surface area contributed by atoms with Crippen LogP contribution >= 0.6 is 11.6 Å². The third-order valence-corrected chi connectivity index (χ3v) is 1.85. The average molecular weight is 215 g/mol. The van der Waals surface area contributed by atoms with Gasteiger partial charge in [-0.15, -0.1) is 0 Å². The van der Waals surface area contributed by atoms with Crippen LogP contribution in [0.15, 0.2) is 12.3 Å². The second-order valence-corrected chi connectivity index (χ2v) is 3.49. The highest BCUT2D eigenvalue weighted by Gasteiger charge is 2.15. The zero-order valence-corrected chi connectivity index (χ0v) is 8.67. The van der Waals surface area contributed by atoms with E-state index >= 15 is 0 Å². The van der Waals surface area contributed by atoms with Crippen molar-refractivity contribution in [2.24, 2.45) is 0 Å². The van der Waals surface area contributed by atoms with Crippen LogP contribution in [-0.2, 0) is 0 Å². The first-order chi connectivity index (χ1) is 6.52. The molecule has 0 aliphatic rings. The van der Waals surface area contributed by atoms with Crippen LogP contribution in [0, 0.1) is 0 Å². The first kappa shape index (κ1) is 10.8. The van der Waals surface area contributed by atoms with Gasteiger partial charge in [-0.05, 0) is 19.9 Å². The number of nitrogens with one attached hydrogen (secondary N) is 1. The molecule has 1 aromatic rings. The maximum atomic E-state index is 10.9. The molecule has 0 aliphatic heterocycles. The molecular weight excluding hydrogens is 204 g/mol. The number of rotatable bonds is 3. The molecule has 2 N–H and O–H groups in total. The van der Waals surface area contributed by atoms with Gasteiger partial charge >= 0.3 is 5.97 Å². The molecule has 0 unspecified atom stereocenters. The lowest BCUT2D eigenvalue weighted by molar-refractivity contribution is 0.0697. The first-order valence-electron chi connectivity index (χ1n) is 4.16. The number of anilines is 1. The van der Waals surface area contributed by atoms with Crippen LogP contribution in [-0.4, -0.2) is 22.1 Å². The smallest absolute Gasteiger partial charge is 0.340 e. The summed E-state index contributed by atoms with van der Waals surface area (Å²) in [7, 11) is 0. The standard InChI is InChI=1S/C9H11ClN2O2/c1-5(2)12-6-3-4-11-8(10)7(6)9(13)14/h3-5H,1-2H3,(H,11,12)(H,13,14). The van der Waals surface area contributed by atoms with Crippen LogP contribution in [0.2, 0.25) is 5.15 Å². The van der Waals surface area contributed by atoms with E-state index in [1.807, 2.05) is 13.8 Å². The van der Waals surface area contributed by atoms with E-state index in [9.17, 15) is 4.79 Å². The molecule has 0 atom stereocenters. The Kier molecular flexibility index (Phi) is 3.30. The Hall–Kier alpha value is -1.29. The van der Waals surface area contributed by atoms with Crippen LogP contribution in [0.5, 0.6) is 0 Å². The van der Waals surface area contributed by atoms with Gasteiger partial charge in [-0.3, -0.25) is 0 Å². The molecule has 0 saturated heterocycles. The molecule has 1 rings (SSSR count). The van der Waals surface area contributed by atoms with Gasteiger partial charge in [-0.2, -0.15) is 0 Å². The van der Waals surface area contributed by atoms with Crippen molar-refractivity contribution in [3.8, 4) is 0 Å². The molecule has 0 aromatic carbocycles. The Morgan fingerprint density at radius 1 is 1.64 bits per heavy atom. The van der Waals surface area contributed by atoms with Crippen molar-refractivity contribution in [3.63, 3.8) is 0 Å². The molecular formula is C9H11ClN2O2. The fourth-order valence-corrected chi connectivity index (χ4v) is 1.31. The topological polar surface area (TPSA) is 62.2 Å². The molecule has 4 nitrogen and oxygen atoms in total. The Morgan fingerprint density at radius 2 is 2.29 bits per heavy atom. The summed E-state index contributed by atoms with van der Waals surface area (Å²) < 4.78 is 0. The van der Waals surface area contributed by atoms with Gasteiger partial charge in [0.25, 0.3) is 0 Å². The lowest BCUT2D eigenvalue weighted by Crippen LogP contribution is -2.14. The van der Waals surface area contributed by atoms with Crippen molar-refractivity contribution in [2.75, 3.05) is 5.32 Å². The number of carboxylic acids is 1. The molecule has 0 radical (unpaired) electrons. The third-order valence-electron chi connectivity index (χ3n) is 1.56. The van der Waals surface area contributed by atoms with Crippen molar-refractivity contribution in [3.05, 3.63) is 23.0 Å². The van der Waals surface area contributed by atoms with E-state index in [0.717, 1.165) is 0 Å². The Balaban J connectivity index is 3.14. The van der Waals surface area contributed by atoms with Gasteiger partial charge in [0.1, 0.15) is 10.7 Å². The summed E-state index contributed by atoms with van der Waals surface area (Å²) in [5.41, 5.74) is 0.510. The summed E-state index contributed by atoms with van der Waals surface area (Å²) in [5.74, 6) is -1.08. The SMILES string of the molecule is CC(C)Nc1ccnc(Cl)c1C(=O)O. The molecule has 5 heteroatoms. The maximum Gasteiger partial charge on any atom is 0.340 e. The number of pyridine rings is 1. The second-order valence-electron chi connectivity index (χ2n) is 3.13. The van der Waals surface area contributed by atoms with E-state index in [1.165, 1.54) is 6.20 Å². The highest BCUT2D eigenvalue weighted by Crippen LogP contribution is 2.22. The zero-order valence-electron chi connectivity index (χ0n) is 7.91. The largest absolute Gasteiger partial charge is 0.478 e. The molecule has 76 valence electrons. The van der Waals surface area contributed by atoms with Gasteiger partial charge < -0.3 is 10.4 Å². The lowest BCUT2D eigenvalue weighted by atomic mass is 10.2. The predicted octanol–water partition coefficient (Wildman–Crippen LogP) is 2.25. The van der Waals surface area contributed by atoms with Gasteiger partial charge in [-0.25, -0.2) is 9.78 Å². The quantitative estimate of drug-likeness (QED) is 0.758. The average Bonchev–Trinajstić information content (AvgIpc) is 2.01. The molecule has 14 heavy (non-hydrogen) atoms. The molecule has 0 spiro atoms. The number of aromatic nitrogens is 1. The predicted molar refractivity (Wildman–Crippen MR) is 55.0 cm³/mol. The third kappa shape index (κ3) is 2.35. The van der Waals surface area contributed by atoms with Crippen LogP contribution in [0.3, 0.4) is 0 Å². The number of halogens is 1. The highest BCUT2D eigenvalue weighted by atomic mass is 35.5. The fraction of sp³-hybridized carbons (Fsp3) is 0.333. The number of carbonyl (C=O) groups is 1. The van der Waals surface area contributed by atoms with Crippen LogP contribution in [0.25, 0.3) is 0 Å². The summed E-state index contributed by atoms with van der Waals surface area (Å²) in [6, 6.07) is 1.74. The lowest BCUT2D eigenvalue weighted by Gasteiger charge is -2.12. The van der Waals surface area contributed by atoms with Crippen LogP contribution in [0.1, 0.15) is 24.2 Å². The van der Waals surface area contributed by atoms with E-state index in [-0.39, 0.29) is 16.8 Å².